The Balaban J connectivity index is 1.37. The summed E-state index contributed by atoms with van der Waals surface area (Å²) in [6.07, 6.45) is 10.4. The van der Waals surface area contributed by atoms with Gasteiger partial charge in [0.25, 0.3) is 0 Å². The van der Waals surface area contributed by atoms with Crippen LogP contribution in [0.1, 0.15) is 48.4 Å². The van der Waals surface area contributed by atoms with E-state index < -0.39 is 0 Å². The molecule has 1 unspecified atom stereocenters. The van der Waals surface area contributed by atoms with Gasteiger partial charge in [0.05, 0.1) is 0 Å². The molecule has 3 aromatic rings. The van der Waals surface area contributed by atoms with E-state index in [0.717, 1.165) is 6.42 Å². The SMILES string of the molecule is CC(C)C1C=Cc2cc(C3=CC(c4ccc(-c5ccccc5)cc4)=CC3)ccc21. The summed E-state index contributed by atoms with van der Waals surface area (Å²) in [7, 11) is 0. The topological polar surface area (TPSA) is 0 Å². The zero-order valence-electron chi connectivity index (χ0n) is 17.1. The molecule has 3 aromatic carbocycles. The van der Waals surface area contributed by atoms with E-state index in [2.05, 4.69) is 111 Å². The number of allylic oxidation sites excluding steroid dienone is 5. The van der Waals surface area contributed by atoms with E-state index in [1.54, 1.807) is 0 Å². The van der Waals surface area contributed by atoms with Gasteiger partial charge in [0.15, 0.2) is 0 Å². The lowest BCUT2D eigenvalue weighted by Gasteiger charge is -2.15. The van der Waals surface area contributed by atoms with Crippen molar-refractivity contribution in [3.63, 3.8) is 0 Å². The Morgan fingerprint density at radius 1 is 0.759 bits per heavy atom. The number of fused-ring (bicyclic) bond motifs is 1. The first kappa shape index (κ1) is 17.9. The summed E-state index contributed by atoms with van der Waals surface area (Å²) in [5.41, 5.74) is 10.8. The van der Waals surface area contributed by atoms with Gasteiger partial charge < -0.3 is 0 Å². The van der Waals surface area contributed by atoms with Gasteiger partial charge in [0, 0.05) is 5.92 Å². The second-order valence-corrected chi connectivity index (χ2v) is 8.45. The first-order chi connectivity index (χ1) is 14.2. The molecule has 5 rings (SSSR count). The van der Waals surface area contributed by atoms with Gasteiger partial charge >= 0.3 is 0 Å². The third-order valence-corrected chi connectivity index (χ3v) is 6.22. The molecule has 0 spiro atoms. The predicted octanol–water partition coefficient (Wildman–Crippen LogP) is 7.99. The normalized spacial score (nSPS) is 17.4. The highest BCUT2D eigenvalue weighted by molar-refractivity contribution is 5.90. The maximum Gasteiger partial charge on any atom is 0.00502 e. The summed E-state index contributed by atoms with van der Waals surface area (Å²) in [5.74, 6) is 1.21. The molecule has 0 aliphatic heterocycles. The largest absolute Gasteiger partial charge is 0.0761 e. The summed E-state index contributed by atoms with van der Waals surface area (Å²) in [6.45, 7) is 4.60. The Labute approximate surface area is 173 Å². The molecular formula is C29H26. The van der Waals surface area contributed by atoms with Gasteiger partial charge in [-0.05, 0) is 62.9 Å². The average Bonchev–Trinajstić information content (AvgIpc) is 3.41. The summed E-state index contributed by atoms with van der Waals surface area (Å²) in [4.78, 5) is 0. The zero-order valence-corrected chi connectivity index (χ0v) is 17.1. The second-order valence-electron chi connectivity index (χ2n) is 8.45. The molecule has 0 heterocycles. The van der Waals surface area contributed by atoms with Crippen LogP contribution in [0.15, 0.2) is 91.0 Å². The Morgan fingerprint density at radius 3 is 2.21 bits per heavy atom. The van der Waals surface area contributed by atoms with E-state index in [0.29, 0.717) is 11.8 Å². The van der Waals surface area contributed by atoms with E-state index in [1.807, 2.05) is 0 Å². The van der Waals surface area contributed by atoms with Crippen molar-refractivity contribution in [1.29, 1.82) is 0 Å². The van der Waals surface area contributed by atoms with Crippen molar-refractivity contribution in [2.45, 2.75) is 26.2 Å². The van der Waals surface area contributed by atoms with Gasteiger partial charge in [-0.15, -0.1) is 0 Å². The number of benzene rings is 3. The third kappa shape index (κ3) is 3.40. The fourth-order valence-electron chi connectivity index (χ4n) is 4.53. The zero-order chi connectivity index (χ0) is 19.8. The van der Waals surface area contributed by atoms with Crippen LogP contribution in [0.4, 0.5) is 0 Å². The molecule has 0 saturated carbocycles. The Kier molecular flexibility index (Phi) is 4.56. The average molecular weight is 375 g/mol. The van der Waals surface area contributed by atoms with Crippen molar-refractivity contribution < 1.29 is 0 Å². The van der Waals surface area contributed by atoms with Crippen LogP contribution in [0.25, 0.3) is 28.3 Å². The summed E-state index contributed by atoms with van der Waals surface area (Å²) < 4.78 is 0. The van der Waals surface area contributed by atoms with Gasteiger partial charge in [-0.1, -0.05) is 105 Å². The van der Waals surface area contributed by atoms with Gasteiger partial charge in [0.1, 0.15) is 0 Å². The minimum Gasteiger partial charge on any atom is -0.0761 e. The Bertz CT molecular complexity index is 1120. The minimum atomic E-state index is 0.563. The van der Waals surface area contributed by atoms with Crippen LogP contribution in [0.3, 0.4) is 0 Å². The lowest BCUT2D eigenvalue weighted by molar-refractivity contribution is 0.584. The lowest BCUT2D eigenvalue weighted by Crippen LogP contribution is -2.01. The molecule has 0 saturated heterocycles. The number of hydrogen-bond acceptors (Lipinski definition) is 0. The fourth-order valence-corrected chi connectivity index (χ4v) is 4.53. The van der Waals surface area contributed by atoms with Crippen LogP contribution in [0.2, 0.25) is 0 Å². The van der Waals surface area contributed by atoms with Crippen LogP contribution in [-0.2, 0) is 0 Å². The van der Waals surface area contributed by atoms with Crippen molar-refractivity contribution in [3.8, 4) is 11.1 Å². The molecule has 29 heavy (non-hydrogen) atoms. The predicted molar refractivity (Wildman–Crippen MR) is 126 cm³/mol. The van der Waals surface area contributed by atoms with Crippen LogP contribution >= 0.6 is 0 Å². The smallest absolute Gasteiger partial charge is 0.00502 e. The van der Waals surface area contributed by atoms with Crippen molar-refractivity contribution in [2.75, 3.05) is 0 Å². The van der Waals surface area contributed by atoms with Crippen LogP contribution in [0.5, 0.6) is 0 Å². The van der Waals surface area contributed by atoms with Crippen molar-refractivity contribution in [1.82, 2.24) is 0 Å². The molecule has 0 nitrogen and oxygen atoms in total. The quantitative estimate of drug-likeness (QED) is 0.434. The third-order valence-electron chi connectivity index (χ3n) is 6.22. The van der Waals surface area contributed by atoms with E-state index in [4.69, 9.17) is 0 Å². The molecule has 142 valence electrons. The van der Waals surface area contributed by atoms with Crippen molar-refractivity contribution >= 4 is 17.2 Å². The van der Waals surface area contributed by atoms with E-state index in [9.17, 15) is 0 Å². The van der Waals surface area contributed by atoms with Crippen LogP contribution in [0, 0.1) is 5.92 Å². The Morgan fingerprint density at radius 2 is 1.45 bits per heavy atom. The van der Waals surface area contributed by atoms with E-state index >= 15 is 0 Å². The maximum absolute atomic E-state index is 2.37. The van der Waals surface area contributed by atoms with Gasteiger partial charge in [0.2, 0.25) is 0 Å². The molecule has 0 amide bonds. The minimum absolute atomic E-state index is 0.563. The molecule has 0 N–H and O–H groups in total. The monoisotopic (exact) mass is 374 g/mol. The van der Waals surface area contributed by atoms with Crippen LogP contribution in [-0.4, -0.2) is 0 Å². The molecule has 2 aliphatic carbocycles. The molecule has 0 heteroatoms. The molecular weight excluding hydrogens is 348 g/mol. The first-order valence-electron chi connectivity index (χ1n) is 10.6. The highest BCUT2D eigenvalue weighted by Crippen LogP contribution is 2.39. The molecule has 2 aliphatic rings. The maximum atomic E-state index is 2.37. The van der Waals surface area contributed by atoms with Crippen molar-refractivity contribution in [2.24, 2.45) is 5.92 Å². The summed E-state index contributed by atoms with van der Waals surface area (Å²) in [6, 6.07) is 26.5. The number of hydrogen-bond donors (Lipinski definition) is 0. The molecule has 0 bridgehead atoms. The summed E-state index contributed by atoms with van der Waals surface area (Å²) in [5, 5.41) is 0. The van der Waals surface area contributed by atoms with Gasteiger partial charge in [-0.25, -0.2) is 0 Å². The standard InChI is InChI=1S/C29H26/c1-20(2)28-16-15-27-19-26(14-17-29(27)28)25-13-12-24(18-25)23-10-8-22(9-11-23)21-6-4-3-5-7-21/h3-12,14-20,28H,13H2,1-2H3. The molecule has 0 fully saturated rings. The highest BCUT2D eigenvalue weighted by Gasteiger charge is 2.21. The fraction of sp³-hybridized carbons (Fsp3) is 0.172. The first-order valence-corrected chi connectivity index (χ1v) is 10.6. The number of rotatable bonds is 4. The molecule has 1 atom stereocenters. The van der Waals surface area contributed by atoms with Crippen molar-refractivity contribution in [3.05, 3.63) is 113 Å². The van der Waals surface area contributed by atoms with E-state index in [1.165, 1.54) is 44.5 Å². The van der Waals surface area contributed by atoms with Crippen LogP contribution < -0.4 is 0 Å². The lowest BCUT2D eigenvalue weighted by atomic mass is 9.89. The highest BCUT2D eigenvalue weighted by atomic mass is 14.3. The summed E-state index contributed by atoms with van der Waals surface area (Å²) >= 11 is 0. The molecule has 0 aromatic heterocycles. The van der Waals surface area contributed by atoms with E-state index in [-0.39, 0.29) is 0 Å². The van der Waals surface area contributed by atoms with Gasteiger partial charge in [-0.3, -0.25) is 0 Å². The Hall–Kier alpha value is -3.12. The van der Waals surface area contributed by atoms with Gasteiger partial charge in [-0.2, -0.15) is 0 Å². The second kappa shape index (κ2) is 7.37. The molecule has 0 radical (unpaired) electrons.